The normalized spacial score (nSPS) is 10.3. The first-order valence-electron chi connectivity index (χ1n) is 6.12. The molecule has 2 aromatic rings. The molecule has 1 aromatic heterocycles. The zero-order chi connectivity index (χ0) is 14.5. The second kappa shape index (κ2) is 6.16. The van der Waals surface area contributed by atoms with E-state index in [0.717, 1.165) is 11.3 Å². The maximum absolute atomic E-state index is 10.7. The Bertz CT molecular complexity index is 608. The fourth-order valence-corrected chi connectivity index (χ4v) is 1.75. The Hall–Kier alpha value is -2.40. The molecule has 0 atom stereocenters. The largest absolute Gasteiger partial charge is 0.487 e. The number of aliphatic hydroxyl groups is 1. The van der Waals surface area contributed by atoms with Crippen molar-refractivity contribution in [3.05, 3.63) is 58.9 Å². The molecule has 0 fully saturated rings. The zero-order valence-electron chi connectivity index (χ0n) is 11.0. The number of aromatic nitrogens is 1. The van der Waals surface area contributed by atoms with Gasteiger partial charge in [-0.15, -0.1) is 0 Å². The summed E-state index contributed by atoms with van der Waals surface area (Å²) in [5.41, 5.74) is 2.39. The number of hydrogen-bond donors (Lipinski definition) is 2. The van der Waals surface area contributed by atoms with Crippen molar-refractivity contribution >= 4 is 5.97 Å². The van der Waals surface area contributed by atoms with Gasteiger partial charge < -0.3 is 14.9 Å². The molecule has 1 heterocycles. The number of benzene rings is 1. The van der Waals surface area contributed by atoms with Crippen molar-refractivity contribution in [2.75, 3.05) is 0 Å². The zero-order valence-corrected chi connectivity index (χ0v) is 11.0. The average Bonchev–Trinajstić information content (AvgIpc) is 2.46. The van der Waals surface area contributed by atoms with Crippen molar-refractivity contribution in [1.29, 1.82) is 0 Å². The minimum absolute atomic E-state index is 0.186. The lowest BCUT2D eigenvalue weighted by Gasteiger charge is -2.10. The molecule has 0 aliphatic carbocycles. The van der Waals surface area contributed by atoms with Crippen LogP contribution in [0.25, 0.3) is 0 Å². The molecular formula is C15H15NO4. The summed E-state index contributed by atoms with van der Waals surface area (Å²) < 4.78 is 5.60. The van der Waals surface area contributed by atoms with Gasteiger partial charge in [-0.3, -0.25) is 4.98 Å². The van der Waals surface area contributed by atoms with Gasteiger partial charge >= 0.3 is 5.97 Å². The Morgan fingerprint density at radius 3 is 2.50 bits per heavy atom. The van der Waals surface area contributed by atoms with Crippen LogP contribution in [0, 0.1) is 6.92 Å². The lowest BCUT2D eigenvalue weighted by molar-refractivity contribution is 0.0697. The van der Waals surface area contributed by atoms with Crippen molar-refractivity contribution in [3.8, 4) is 5.75 Å². The molecule has 0 amide bonds. The molecule has 0 spiro atoms. The van der Waals surface area contributed by atoms with Gasteiger partial charge in [0.15, 0.2) is 0 Å². The molecule has 104 valence electrons. The Morgan fingerprint density at radius 1 is 1.20 bits per heavy atom. The van der Waals surface area contributed by atoms with Crippen molar-refractivity contribution in [2.45, 2.75) is 20.1 Å². The summed E-state index contributed by atoms with van der Waals surface area (Å²) in [5, 5.41) is 18.0. The summed E-state index contributed by atoms with van der Waals surface area (Å²) in [5.74, 6) is -0.428. The molecule has 1 aromatic carbocycles. The average molecular weight is 273 g/mol. The van der Waals surface area contributed by atoms with E-state index in [0.29, 0.717) is 11.4 Å². The second-order valence-electron chi connectivity index (χ2n) is 4.35. The second-order valence-corrected chi connectivity index (χ2v) is 4.35. The molecular weight excluding hydrogens is 258 g/mol. The summed E-state index contributed by atoms with van der Waals surface area (Å²) in [7, 11) is 0. The summed E-state index contributed by atoms with van der Waals surface area (Å²) in [6, 6.07) is 10.0. The minimum atomic E-state index is -0.956. The number of carboxylic acids is 1. The monoisotopic (exact) mass is 273 g/mol. The van der Waals surface area contributed by atoms with Gasteiger partial charge in [0.05, 0.1) is 12.2 Å². The van der Waals surface area contributed by atoms with E-state index in [4.69, 9.17) is 9.84 Å². The maximum atomic E-state index is 10.7. The van der Waals surface area contributed by atoms with Gasteiger partial charge in [0, 0.05) is 5.69 Å². The highest BCUT2D eigenvalue weighted by atomic mass is 16.5. The van der Waals surface area contributed by atoms with E-state index >= 15 is 0 Å². The number of aliphatic hydroxyl groups excluding tert-OH is 1. The number of carboxylic acid groups (broad SMARTS) is 1. The topological polar surface area (TPSA) is 79.7 Å². The van der Waals surface area contributed by atoms with Crippen LogP contribution in [0.15, 0.2) is 36.4 Å². The smallest absolute Gasteiger partial charge is 0.335 e. The van der Waals surface area contributed by atoms with E-state index in [2.05, 4.69) is 4.98 Å². The number of hydrogen-bond acceptors (Lipinski definition) is 4. The third kappa shape index (κ3) is 3.33. The van der Waals surface area contributed by atoms with E-state index < -0.39 is 5.97 Å². The first-order chi connectivity index (χ1) is 9.60. The van der Waals surface area contributed by atoms with Crippen molar-refractivity contribution < 1.29 is 19.7 Å². The Kier molecular flexibility index (Phi) is 4.32. The van der Waals surface area contributed by atoms with Crippen LogP contribution >= 0.6 is 0 Å². The van der Waals surface area contributed by atoms with E-state index in [1.807, 2.05) is 13.0 Å². The quantitative estimate of drug-likeness (QED) is 0.872. The molecule has 0 bridgehead atoms. The fourth-order valence-electron chi connectivity index (χ4n) is 1.75. The Morgan fingerprint density at radius 2 is 1.90 bits per heavy atom. The molecule has 5 nitrogen and oxygen atoms in total. The molecule has 0 radical (unpaired) electrons. The van der Waals surface area contributed by atoms with Gasteiger partial charge in [-0.25, -0.2) is 4.79 Å². The van der Waals surface area contributed by atoms with Crippen LogP contribution in [0.3, 0.4) is 0 Å². The van der Waals surface area contributed by atoms with Gasteiger partial charge in [0.2, 0.25) is 0 Å². The van der Waals surface area contributed by atoms with Crippen LogP contribution in [0.5, 0.6) is 5.75 Å². The summed E-state index contributed by atoms with van der Waals surface area (Å²) in [6.07, 6.45) is 0. The van der Waals surface area contributed by atoms with E-state index in [1.165, 1.54) is 12.1 Å². The van der Waals surface area contributed by atoms with Crippen LogP contribution in [-0.2, 0) is 13.2 Å². The molecule has 0 aliphatic rings. The van der Waals surface area contributed by atoms with Crippen molar-refractivity contribution in [3.63, 3.8) is 0 Å². The molecule has 0 saturated heterocycles. The molecule has 20 heavy (non-hydrogen) atoms. The number of aryl methyl sites for hydroxylation is 1. The van der Waals surface area contributed by atoms with E-state index in [1.54, 1.807) is 18.2 Å². The van der Waals surface area contributed by atoms with E-state index in [9.17, 15) is 9.90 Å². The summed E-state index contributed by atoms with van der Waals surface area (Å²) in [4.78, 5) is 14.9. The third-order valence-corrected chi connectivity index (χ3v) is 2.82. The molecule has 2 rings (SSSR count). The van der Waals surface area contributed by atoms with Crippen LogP contribution in [0.4, 0.5) is 0 Å². The van der Waals surface area contributed by atoms with Crippen molar-refractivity contribution in [1.82, 2.24) is 4.98 Å². The predicted octanol–water partition coefficient (Wildman–Crippen LogP) is 2.16. The van der Waals surface area contributed by atoms with Gasteiger partial charge in [-0.05, 0) is 36.8 Å². The maximum Gasteiger partial charge on any atom is 0.335 e. The fraction of sp³-hybridized carbons (Fsp3) is 0.200. The molecule has 0 unspecified atom stereocenters. The van der Waals surface area contributed by atoms with Crippen LogP contribution < -0.4 is 4.74 Å². The Labute approximate surface area is 116 Å². The number of aromatic carboxylic acids is 1. The summed E-state index contributed by atoms with van der Waals surface area (Å²) >= 11 is 0. The SMILES string of the molecule is Cc1ccc(OCc2ccc(C(=O)O)cc2)c(CO)n1. The van der Waals surface area contributed by atoms with Crippen molar-refractivity contribution in [2.24, 2.45) is 0 Å². The highest BCUT2D eigenvalue weighted by molar-refractivity contribution is 5.87. The van der Waals surface area contributed by atoms with Gasteiger partial charge in [0.25, 0.3) is 0 Å². The van der Waals surface area contributed by atoms with Gasteiger partial charge in [-0.2, -0.15) is 0 Å². The van der Waals surface area contributed by atoms with Gasteiger partial charge in [0.1, 0.15) is 18.1 Å². The number of rotatable bonds is 5. The number of carbonyl (C=O) groups is 1. The third-order valence-electron chi connectivity index (χ3n) is 2.82. The standard InChI is InChI=1S/C15H15NO4/c1-10-2-7-14(13(8-17)16-10)20-9-11-3-5-12(6-4-11)15(18)19/h2-7,17H,8-9H2,1H3,(H,18,19). The number of pyridine rings is 1. The highest BCUT2D eigenvalue weighted by Crippen LogP contribution is 2.18. The van der Waals surface area contributed by atoms with Crippen LogP contribution in [0.1, 0.15) is 27.3 Å². The molecule has 2 N–H and O–H groups in total. The van der Waals surface area contributed by atoms with E-state index in [-0.39, 0.29) is 18.8 Å². The first kappa shape index (κ1) is 14.0. The van der Waals surface area contributed by atoms with Gasteiger partial charge in [-0.1, -0.05) is 12.1 Å². The molecule has 0 aliphatic heterocycles. The summed E-state index contributed by atoms with van der Waals surface area (Å²) in [6.45, 7) is 1.94. The minimum Gasteiger partial charge on any atom is -0.487 e. The predicted molar refractivity (Wildman–Crippen MR) is 72.6 cm³/mol. The number of nitrogens with zero attached hydrogens (tertiary/aromatic N) is 1. The molecule has 5 heteroatoms. The highest BCUT2D eigenvalue weighted by Gasteiger charge is 2.06. The van der Waals surface area contributed by atoms with Crippen LogP contribution in [0.2, 0.25) is 0 Å². The Balaban J connectivity index is 2.06. The first-order valence-corrected chi connectivity index (χ1v) is 6.12. The van der Waals surface area contributed by atoms with Crippen LogP contribution in [-0.4, -0.2) is 21.2 Å². The number of ether oxygens (including phenoxy) is 1. The lowest BCUT2D eigenvalue weighted by atomic mass is 10.1. The molecule has 0 saturated carbocycles. The lowest BCUT2D eigenvalue weighted by Crippen LogP contribution is -2.02.